The zero-order valence-electron chi connectivity index (χ0n) is 27.1. The largest absolute Gasteiger partial charge is 0.454 e. The van der Waals surface area contributed by atoms with Crippen molar-refractivity contribution in [3.8, 4) is 22.3 Å². The van der Waals surface area contributed by atoms with Crippen molar-refractivity contribution in [3.05, 3.63) is 182 Å². The van der Waals surface area contributed by atoms with Crippen LogP contribution in [0.2, 0.25) is 0 Å². The van der Waals surface area contributed by atoms with E-state index in [1.54, 1.807) is 0 Å². The van der Waals surface area contributed by atoms with Gasteiger partial charge < -0.3 is 9.32 Å². The Kier molecular flexibility index (Phi) is 6.49. The molecule has 0 spiro atoms. The second kappa shape index (κ2) is 11.5. The number of aromatic nitrogens is 1. The highest BCUT2D eigenvalue weighted by Gasteiger charge is 2.21. The molecule has 2 aromatic heterocycles. The summed E-state index contributed by atoms with van der Waals surface area (Å²) in [5.41, 5.74) is 10.4. The Balaban J connectivity index is 1.20. The van der Waals surface area contributed by atoms with Crippen LogP contribution in [0.25, 0.3) is 76.6 Å². The summed E-state index contributed by atoms with van der Waals surface area (Å²) in [6.07, 6.45) is 1.85. The molecule has 0 amide bonds. The number of furan rings is 1. The number of fused-ring (bicyclic) bond motifs is 7. The molecule has 234 valence electrons. The first-order chi connectivity index (χ1) is 24.8. The summed E-state index contributed by atoms with van der Waals surface area (Å²) in [5, 5.41) is 8.09. The lowest BCUT2D eigenvalue weighted by atomic mass is 9.97. The highest BCUT2D eigenvalue weighted by atomic mass is 16.3. The topological polar surface area (TPSA) is 29.3 Å². The van der Waals surface area contributed by atoms with Gasteiger partial charge in [0, 0.05) is 33.7 Å². The maximum absolute atomic E-state index is 6.44. The van der Waals surface area contributed by atoms with E-state index in [1.807, 2.05) is 24.4 Å². The van der Waals surface area contributed by atoms with E-state index in [1.165, 1.54) is 38.2 Å². The third kappa shape index (κ3) is 4.63. The van der Waals surface area contributed by atoms with Gasteiger partial charge in [0.2, 0.25) is 0 Å². The Morgan fingerprint density at radius 1 is 0.420 bits per heavy atom. The quantitative estimate of drug-likeness (QED) is 0.188. The van der Waals surface area contributed by atoms with Crippen molar-refractivity contribution >= 4 is 71.4 Å². The minimum absolute atomic E-state index is 0.807. The Hall–Kier alpha value is -6.71. The fourth-order valence-electron chi connectivity index (χ4n) is 7.46. The molecule has 0 saturated heterocycles. The lowest BCUT2D eigenvalue weighted by Crippen LogP contribution is -2.11. The average molecular weight is 639 g/mol. The molecule has 0 unspecified atom stereocenters. The van der Waals surface area contributed by atoms with Gasteiger partial charge >= 0.3 is 0 Å². The Morgan fingerprint density at radius 2 is 1.12 bits per heavy atom. The van der Waals surface area contributed by atoms with Gasteiger partial charge in [0.15, 0.2) is 5.58 Å². The maximum Gasteiger partial charge on any atom is 0.161 e. The van der Waals surface area contributed by atoms with Gasteiger partial charge in [-0.25, -0.2) is 0 Å². The number of anilines is 3. The number of rotatable bonds is 5. The standard InChI is InChI=1S/C47H30N2O/c1-2-12-34-28-36(22-21-31(34)10-1)35-14-7-15-38(29-35)49(37-25-23-33(24-26-37)40-18-8-13-32-11-3-4-16-39(32)40)44-30-43-41-17-5-6-20-45(41)50-47(43)46-42(44)19-9-27-48-46/h1-30H. The summed E-state index contributed by atoms with van der Waals surface area (Å²) in [5.74, 6) is 0. The molecule has 50 heavy (non-hydrogen) atoms. The van der Waals surface area contributed by atoms with Gasteiger partial charge in [-0.1, -0.05) is 121 Å². The highest BCUT2D eigenvalue weighted by molar-refractivity contribution is 6.18. The molecule has 0 N–H and O–H groups in total. The van der Waals surface area contributed by atoms with Crippen LogP contribution in [-0.2, 0) is 0 Å². The zero-order chi connectivity index (χ0) is 33.0. The maximum atomic E-state index is 6.44. The molecular weight excluding hydrogens is 609 g/mol. The second-order valence-electron chi connectivity index (χ2n) is 12.8. The summed E-state index contributed by atoms with van der Waals surface area (Å²) in [7, 11) is 0. The normalized spacial score (nSPS) is 11.6. The molecule has 3 heteroatoms. The molecule has 0 aliphatic rings. The van der Waals surface area contributed by atoms with E-state index in [4.69, 9.17) is 9.40 Å². The Morgan fingerprint density at radius 3 is 2.02 bits per heavy atom. The van der Waals surface area contributed by atoms with Crippen molar-refractivity contribution in [1.82, 2.24) is 4.98 Å². The number of pyridine rings is 1. The van der Waals surface area contributed by atoms with Crippen molar-refractivity contribution in [1.29, 1.82) is 0 Å². The van der Waals surface area contributed by atoms with Crippen molar-refractivity contribution < 1.29 is 4.42 Å². The van der Waals surface area contributed by atoms with Crippen LogP contribution in [-0.4, -0.2) is 4.98 Å². The average Bonchev–Trinajstić information content (AvgIpc) is 3.57. The van der Waals surface area contributed by atoms with Crippen molar-refractivity contribution in [2.24, 2.45) is 0 Å². The Labute approximate surface area is 289 Å². The summed E-state index contributed by atoms with van der Waals surface area (Å²) in [4.78, 5) is 7.26. The predicted molar refractivity (Wildman–Crippen MR) is 210 cm³/mol. The summed E-state index contributed by atoms with van der Waals surface area (Å²) in [6.45, 7) is 0. The van der Waals surface area contributed by atoms with Crippen LogP contribution in [0.1, 0.15) is 0 Å². The van der Waals surface area contributed by atoms with E-state index in [9.17, 15) is 0 Å². The molecule has 8 aromatic carbocycles. The fourth-order valence-corrected chi connectivity index (χ4v) is 7.46. The third-order valence-corrected chi connectivity index (χ3v) is 9.87. The Bertz CT molecular complexity index is 2880. The number of para-hydroxylation sites is 1. The smallest absolute Gasteiger partial charge is 0.161 e. The lowest BCUT2D eigenvalue weighted by Gasteiger charge is -2.27. The first kappa shape index (κ1) is 28.3. The number of nitrogens with zero attached hydrogens (tertiary/aromatic N) is 2. The molecule has 2 heterocycles. The first-order valence-corrected chi connectivity index (χ1v) is 17.0. The van der Waals surface area contributed by atoms with E-state index >= 15 is 0 Å². The summed E-state index contributed by atoms with van der Waals surface area (Å²) < 4.78 is 6.44. The SMILES string of the molecule is c1cc(-c2ccc3ccccc3c2)cc(N(c2ccc(-c3cccc4ccccc34)cc2)c2cc3c4ccccc4oc3c3ncccc23)c1. The van der Waals surface area contributed by atoms with Crippen LogP contribution in [0.3, 0.4) is 0 Å². The van der Waals surface area contributed by atoms with Gasteiger partial charge in [-0.2, -0.15) is 0 Å². The molecule has 0 bridgehead atoms. The molecule has 0 radical (unpaired) electrons. The fraction of sp³-hybridized carbons (Fsp3) is 0. The number of benzene rings is 8. The molecule has 10 aromatic rings. The van der Waals surface area contributed by atoms with Crippen molar-refractivity contribution in [3.63, 3.8) is 0 Å². The van der Waals surface area contributed by atoms with Crippen molar-refractivity contribution in [2.75, 3.05) is 4.90 Å². The van der Waals surface area contributed by atoms with Gasteiger partial charge in [0.25, 0.3) is 0 Å². The molecule has 0 fully saturated rings. The molecule has 0 aliphatic heterocycles. The zero-order valence-corrected chi connectivity index (χ0v) is 27.1. The van der Waals surface area contributed by atoms with Crippen LogP contribution in [0.5, 0.6) is 0 Å². The first-order valence-electron chi connectivity index (χ1n) is 17.0. The van der Waals surface area contributed by atoms with E-state index in [0.29, 0.717) is 0 Å². The predicted octanol–water partition coefficient (Wildman–Crippen LogP) is 13.2. The van der Waals surface area contributed by atoms with Crippen LogP contribution < -0.4 is 4.90 Å². The van der Waals surface area contributed by atoms with Crippen LogP contribution in [0, 0.1) is 0 Å². The monoisotopic (exact) mass is 638 g/mol. The third-order valence-electron chi connectivity index (χ3n) is 9.87. The van der Waals surface area contributed by atoms with Crippen LogP contribution >= 0.6 is 0 Å². The molecule has 10 rings (SSSR count). The van der Waals surface area contributed by atoms with E-state index in [2.05, 4.69) is 163 Å². The van der Waals surface area contributed by atoms with Gasteiger partial charge in [-0.3, -0.25) is 4.98 Å². The second-order valence-corrected chi connectivity index (χ2v) is 12.8. The summed E-state index contributed by atoms with van der Waals surface area (Å²) >= 11 is 0. The minimum Gasteiger partial charge on any atom is -0.454 e. The van der Waals surface area contributed by atoms with E-state index < -0.39 is 0 Å². The van der Waals surface area contributed by atoms with Gasteiger partial charge in [0.1, 0.15) is 11.1 Å². The van der Waals surface area contributed by atoms with Gasteiger partial charge in [0.05, 0.1) is 5.69 Å². The molecule has 0 aliphatic carbocycles. The highest BCUT2D eigenvalue weighted by Crippen LogP contribution is 2.45. The molecular formula is C47H30N2O. The molecule has 0 saturated carbocycles. The van der Waals surface area contributed by atoms with Gasteiger partial charge in [-0.05, 0) is 98.4 Å². The van der Waals surface area contributed by atoms with E-state index in [0.717, 1.165) is 55.5 Å². The number of hydrogen-bond donors (Lipinski definition) is 0. The molecule has 3 nitrogen and oxygen atoms in total. The minimum atomic E-state index is 0.807. The van der Waals surface area contributed by atoms with Crippen molar-refractivity contribution in [2.45, 2.75) is 0 Å². The van der Waals surface area contributed by atoms with E-state index in [-0.39, 0.29) is 0 Å². The molecule has 0 atom stereocenters. The van der Waals surface area contributed by atoms with Crippen LogP contribution in [0.15, 0.2) is 187 Å². The lowest BCUT2D eigenvalue weighted by molar-refractivity contribution is 0.671. The van der Waals surface area contributed by atoms with Gasteiger partial charge in [-0.15, -0.1) is 0 Å². The summed E-state index contributed by atoms with van der Waals surface area (Å²) in [6, 6.07) is 62.8. The van der Waals surface area contributed by atoms with Crippen LogP contribution in [0.4, 0.5) is 17.1 Å². The number of hydrogen-bond acceptors (Lipinski definition) is 3.